The summed E-state index contributed by atoms with van der Waals surface area (Å²) in [7, 11) is 0. The van der Waals surface area contributed by atoms with Crippen molar-refractivity contribution in [3.8, 4) is 0 Å². The maximum absolute atomic E-state index is 12.7. The second kappa shape index (κ2) is 8.57. The zero-order chi connectivity index (χ0) is 18.4. The van der Waals surface area contributed by atoms with Gasteiger partial charge in [0.05, 0.1) is 4.92 Å². The number of amides is 1. The fourth-order valence-corrected chi connectivity index (χ4v) is 3.14. The molecule has 1 heterocycles. The number of hydrogen-bond donors (Lipinski definition) is 2. The Balaban J connectivity index is 2.25. The van der Waals surface area contributed by atoms with Crippen LogP contribution in [0.15, 0.2) is 24.4 Å². The number of carbonyl (C=O) groups is 1. The summed E-state index contributed by atoms with van der Waals surface area (Å²) >= 11 is 0.842. The van der Waals surface area contributed by atoms with Crippen LogP contribution >= 0.6 is 11.3 Å². The Morgan fingerprint density at radius 3 is 2.76 bits per heavy atom. The molecular weight excluding hydrogens is 340 g/mol. The van der Waals surface area contributed by atoms with Crippen LogP contribution in [0.4, 0.5) is 15.8 Å². The molecule has 1 amide bonds. The van der Waals surface area contributed by atoms with Crippen LogP contribution in [0.2, 0.25) is 0 Å². The number of nitrogens with one attached hydrogen (secondary N) is 2. The smallest absolute Gasteiger partial charge is 0.345 e. The summed E-state index contributed by atoms with van der Waals surface area (Å²) in [4.78, 5) is 26.8. The van der Waals surface area contributed by atoms with E-state index < -0.39 is 4.92 Å². The average Bonchev–Trinajstić information content (AvgIpc) is 3.03. The molecule has 1 aromatic heterocycles. The summed E-state index contributed by atoms with van der Waals surface area (Å²) in [5.74, 6) is -0.163. The van der Waals surface area contributed by atoms with E-state index in [0.717, 1.165) is 48.2 Å². The van der Waals surface area contributed by atoms with Gasteiger partial charge in [-0.25, -0.2) is 4.98 Å². The molecule has 0 radical (unpaired) electrons. The van der Waals surface area contributed by atoms with E-state index >= 15 is 0 Å². The molecule has 25 heavy (non-hydrogen) atoms. The van der Waals surface area contributed by atoms with Crippen molar-refractivity contribution in [3.05, 3.63) is 45.6 Å². The molecule has 2 rings (SSSR count). The zero-order valence-corrected chi connectivity index (χ0v) is 15.4. The van der Waals surface area contributed by atoms with E-state index in [4.69, 9.17) is 0 Å². The predicted octanol–water partition coefficient (Wildman–Crippen LogP) is 4.64. The van der Waals surface area contributed by atoms with Gasteiger partial charge in [-0.05, 0) is 41.4 Å². The normalized spacial score (nSPS) is 10.7. The van der Waals surface area contributed by atoms with Crippen molar-refractivity contribution < 1.29 is 9.72 Å². The molecule has 0 spiro atoms. The van der Waals surface area contributed by atoms with E-state index in [1.54, 1.807) is 6.07 Å². The number of carbonyl (C=O) groups excluding carboxylic acids is 1. The van der Waals surface area contributed by atoms with Crippen LogP contribution in [-0.4, -0.2) is 22.4 Å². The van der Waals surface area contributed by atoms with Crippen molar-refractivity contribution in [2.45, 2.75) is 39.5 Å². The molecular formula is C17H22N4O3S. The molecule has 0 fully saturated rings. The van der Waals surface area contributed by atoms with Crippen LogP contribution in [0.3, 0.4) is 0 Å². The minimum Gasteiger partial charge on any atom is -0.385 e. The Labute approximate surface area is 150 Å². The molecule has 2 N–H and O–H groups in total. The van der Waals surface area contributed by atoms with Gasteiger partial charge in [0, 0.05) is 17.8 Å². The first-order chi connectivity index (χ1) is 11.9. The fourth-order valence-electron chi connectivity index (χ4n) is 2.51. The molecule has 0 saturated heterocycles. The lowest BCUT2D eigenvalue weighted by atomic mass is 9.94. The van der Waals surface area contributed by atoms with Crippen molar-refractivity contribution in [1.29, 1.82) is 0 Å². The van der Waals surface area contributed by atoms with Gasteiger partial charge in [0.25, 0.3) is 5.91 Å². The lowest BCUT2D eigenvalue weighted by molar-refractivity contribution is -0.380. The van der Waals surface area contributed by atoms with E-state index in [1.807, 2.05) is 26.0 Å². The van der Waals surface area contributed by atoms with Crippen LogP contribution in [-0.2, 0) is 0 Å². The van der Waals surface area contributed by atoms with Gasteiger partial charge in [-0.1, -0.05) is 33.3 Å². The van der Waals surface area contributed by atoms with Crippen LogP contribution in [0.1, 0.15) is 55.5 Å². The fraction of sp³-hybridized carbons (Fsp3) is 0.412. The van der Waals surface area contributed by atoms with Crippen molar-refractivity contribution >= 4 is 33.1 Å². The van der Waals surface area contributed by atoms with E-state index in [9.17, 15) is 14.9 Å². The number of unbranched alkanes of at least 4 members (excludes halogenated alkanes) is 1. The average molecular weight is 362 g/mol. The number of aromatic nitrogens is 1. The molecule has 0 aliphatic rings. The highest BCUT2D eigenvalue weighted by molar-refractivity contribution is 7.18. The summed E-state index contributed by atoms with van der Waals surface area (Å²) in [5, 5.41) is 16.9. The van der Waals surface area contributed by atoms with Crippen molar-refractivity contribution in [2.75, 3.05) is 17.2 Å². The molecule has 7 nitrogen and oxygen atoms in total. The van der Waals surface area contributed by atoms with E-state index in [-0.39, 0.29) is 22.0 Å². The first-order valence-electron chi connectivity index (χ1n) is 8.22. The standard InChI is InChI=1S/C17H22N4O3S/c1-4-5-9-18-13-8-6-7-12(15(13)11(2)3)16(22)20-17-19-10-14(25-17)21(23)24/h6-8,10-11,18H,4-5,9H2,1-3H3,(H,19,20,22). The zero-order valence-electron chi connectivity index (χ0n) is 14.5. The van der Waals surface area contributed by atoms with Crippen LogP contribution in [0, 0.1) is 10.1 Å². The molecule has 0 aliphatic heterocycles. The summed E-state index contributed by atoms with van der Waals surface area (Å²) < 4.78 is 0. The Morgan fingerprint density at radius 1 is 1.40 bits per heavy atom. The number of benzene rings is 1. The predicted molar refractivity (Wildman–Crippen MR) is 101 cm³/mol. The Morgan fingerprint density at radius 2 is 2.16 bits per heavy atom. The van der Waals surface area contributed by atoms with Crippen LogP contribution < -0.4 is 10.6 Å². The SMILES string of the molecule is CCCCNc1cccc(C(=O)Nc2ncc([N+](=O)[O-])s2)c1C(C)C. The third kappa shape index (κ3) is 4.76. The maximum atomic E-state index is 12.7. The van der Waals surface area contributed by atoms with Gasteiger partial charge in [0.2, 0.25) is 0 Å². The van der Waals surface area contributed by atoms with Gasteiger partial charge < -0.3 is 5.32 Å². The monoisotopic (exact) mass is 362 g/mol. The third-order valence-corrected chi connectivity index (χ3v) is 4.53. The van der Waals surface area contributed by atoms with Gasteiger partial charge in [-0.3, -0.25) is 20.2 Å². The molecule has 0 atom stereocenters. The van der Waals surface area contributed by atoms with Gasteiger partial charge in [0.1, 0.15) is 6.20 Å². The van der Waals surface area contributed by atoms with Gasteiger partial charge >= 0.3 is 5.00 Å². The molecule has 8 heteroatoms. The van der Waals surface area contributed by atoms with Crippen LogP contribution in [0.25, 0.3) is 0 Å². The number of nitrogens with zero attached hydrogens (tertiary/aromatic N) is 2. The summed E-state index contributed by atoms with van der Waals surface area (Å²) in [6.07, 6.45) is 3.29. The molecule has 0 bridgehead atoms. The highest BCUT2D eigenvalue weighted by atomic mass is 32.1. The molecule has 0 saturated carbocycles. The number of rotatable bonds is 8. The molecule has 1 aromatic carbocycles. The molecule has 0 aliphatic carbocycles. The first-order valence-corrected chi connectivity index (χ1v) is 9.04. The number of thiazole rings is 1. The minimum atomic E-state index is -0.523. The van der Waals surface area contributed by atoms with Crippen molar-refractivity contribution in [2.24, 2.45) is 0 Å². The number of anilines is 2. The number of hydrogen-bond acceptors (Lipinski definition) is 6. The quantitative estimate of drug-likeness (QED) is 0.405. The van der Waals surface area contributed by atoms with Gasteiger partial charge in [-0.15, -0.1) is 0 Å². The number of nitro groups is 1. The summed E-state index contributed by atoms with van der Waals surface area (Å²) in [6, 6.07) is 5.56. The van der Waals surface area contributed by atoms with Gasteiger partial charge in [-0.2, -0.15) is 0 Å². The van der Waals surface area contributed by atoms with E-state index in [2.05, 4.69) is 22.5 Å². The Kier molecular flexibility index (Phi) is 6.46. The van der Waals surface area contributed by atoms with E-state index in [0.29, 0.717) is 5.56 Å². The van der Waals surface area contributed by atoms with Crippen LogP contribution in [0.5, 0.6) is 0 Å². The second-order valence-electron chi connectivity index (χ2n) is 5.92. The molecule has 2 aromatic rings. The van der Waals surface area contributed by atoms with Crippen molar-refractivity contribution in [1.82, 2.24) is 4.98 Å². The molecule has 0 unspecified atom stereocenters. The lowest BCUT2D eigenvalue weighted by Crippen LogP contribution is -2.16. The summed E-state index contributed by atoms with van der Waals surface area (Å²) in [6.45, 7) is 7.04. The maximum Gasteiger partial charge on any atom is 0.345 e. The minimum absolute atomic E-state index is 0.102. The molecule has 134 valence electrons. The highest BCUT2D eigenvalue weighted by Crippen LogP contribution is 2.30. The van der Waals surface area contributed by atoms with Crippen molar-refractivity contribution in [3.63, 3.8) is 0 Å². The summed E-state index contributed by atoms with van der Waals surface area (Å²) in [5.41, 5.74) is 2.43. The Bertz CT molecular complexity index is 758. The lowest BCUT2D eigenvalue weighted by Gasteiger charge is -2.18. The first kappa shape index (κ1) is 18.9. The Hall–Kier alpha value is -2.48. The largest absolute Gasteiger partial charge is 0.385 e. The third-order valence-electron chi connectivity index (χ3n) is 3.67. The topological polar surface area (TPSA) is 97.2 Å². The second-order valence-corrected chi connectivity index (χ2v) is 6.93. The van der Waals surface area contributed by atoms with E-state index in [1.165, 1.54) is 0 Å². The van der Waals surface area contributed by atoms with Gasteiger partial charge in [0.15, 0.2) is 5.13 Å². The highest BCUT2D eigenvalue weighted by Gasteiger charge is 2.19.